The first kappa shape index (κ1) is 18.6. The van der Waals surface area contributed by atoms with E-state index in [0.717, 1.165) is 0 Å². The molecule has 0 fully saturated rings. The van der Waals surface area contributed by atoms with Crippen molar-refractivity contribution in [2.24, 2.45) is 11.8 Å². The molecule has 3 aliphatic rings. The van der Waals surface area contributed by atoms with Gasteiger partial charge in [0.1, 0.15) is 18.0 Å². The number of Topliss-reactive ketones (excluding diaryl/α,β-unsaturated/α-hetero) is 1. The maximum atomic E-state index is 12.8. The SMILES string of the molecule is C=C(C)[C@@H]1[C@H]2C=C(CC[C@@H](C(=C)C)[C@H](O)C3=C(C)C(=O)[C@@]1(O)O3)C(=O)O2. The first-order valence-electron chi connectivity index (χ1n) is 8.65. The number of ether oxygens (including phenoxy) is 2. The van der Waals surface area contributed by atoms with Gasteiger partial charge in [-0.15, -0.1) is 0 Å². The highest BCUT2D eigenvalue weighted by atomic mass is 16.6. The number of aliphatic hydroxyl groups excluding tert-OH is 1. The molecule has 26 heavy (non-hydrogen) atoms. The van der Waals surface area contributed by atoms with Gasteiger partial charge in [0.05, 0.1) is 5.92 Å². The van der Waals surface area contributed by atoms with Gasteiger partial charge in [0, 0.05) is 17.1 Å². The van der Waals surface area contributed by atoms with E-state index in [0.29, 0.717) is 29.6 Å². The van der Waals surface area contributed by atoms with E-state index in [-0.39, 0.29) is 11.3 Å². The molecule has 0 spiro atoms. The van der Waals surface area contributed by atoms with Crippen molar-refractivity contribution in [1.82, 2.24) is 0 Å². The van der Waals surface area contributed by atoms with E-state index < -0.39 is 41.6 Å². The lowest BCUT2D eigenvalue weighted by Gasteiger charge is -2.35. The maximum absolute atomic E-state index is 12.8. The van der Waals surface area contributed by atoms with E-state index in [1.165, 1.54) is 6.92 Å². The molecule has 2 N–H and O–H groups in total. The fourth-order valence-corrected chi connectivity index (χ4v) is 4.01. The number of esters is 1. The van der Waals surface area contributed by atoms with Crippen LogP contribution >= 0.6 is 0 Å². The number of hydrogen-bond acceptors (Lipinski definition) is 6. The molecule has 4 bridgehead atoms. The molecule has 0 radical (unpaired) electrons. The predicted molar refractivity (Wildman–Crippen MR) is 93.6 cm³/mol. The quantitative estimate of drug-likeness (QED) is 0.577. The lowest BCUT2D eigenvalue weighted by Crippen LogP contribution is -2.50. The van der Waals surface area contributed by atoms with Crippen LogP contribution in [0, 0.1) is 11.8 Å². The van der Waals surface area contributed by atoms with Crippen LogP contribution < -0.4 is 0 Å². The molecule has 0 unspecified atom stereocenters. The number of rotatable bonds is 2. The third-order valence-corrected chi connectivity index (χ3v) is 5.46. The normalized spacial score (nSPS) is 36.9. The van der Waals surface area contributed by atoms with E-state index in [1.54, 1.807) is 19.9 Å². The van der Waals surface area contributed by atoms with Gasteiger partial charge in [-0.3, -0.25) is 4.79 Å². The Morgan fingerprint density at radius 3 is 2.50 bits per heavy atom. The van der Waals surface area contributed by atoms with E-state index in [2.05, 4.69) is 13.2 Å². The average molecular weight is 360 g/mol. The van der Waals surface area contributed by atoms with Crippen molar-refractivity contribution in [2.45, 2.75) is 51.6 Å². The summed E-state index contributed by atoms with van der Waals surface area (Å²) in [6.07, 6.45) is 0.468. The van der Waals surface area contributed by atoms with Crippen LogP contribution in [0.15, 0.2) is 47.3 Å². The van der Waals surface area contributed by atoms with E-state index in [4.69, 9.17) is 9.47 Å². The van der Waals surface area contributed by atoms with Gasteiger partial charge in [-0.25, -0.2) is 4.79 Å². The fourth-order valence-electron chi connectivity index (χ4n) is 4.01. The smallest absolute Gasteiger partial charge is 0.334 e. The van der Waals surface area contributed by atoms with Crippen molar-refractivity contribution in [3.05, 3.63) is 47.3 Å². The zero-order valence-corrected chi connectivity index (χ0v) is 15.2. The van der Waals surface area contributed by atoms with Crippen molar-refractivity contribution in [2.75, 3.05) is 0 Å². The summed E-state index contributed by atoms with van der Waals surface area (Å²) >= 11 is 0. The summed E-state index contributed by atoms with van der Waals surface area (Å²) in [4.78, 5) is 25.1. The van der Waals surface area contributed by atoms with Crippen LogP contribution in [-0.2, 0) is 19.1 Å². The van der Waals surface area contributed by atoms with Gasteiger partial charge >= 0.3 is 5.97 Å². The third-order valence-electron chi connectivity index (χ3n) is 5.46. The second-order valence-electron chi connectivity index (χ2n) is 7.44. The maximum Gasteiger partial charge on any atom is 0.334 e. The van der Waals surface area contributed by atoms with Crippen LogP contribution in [-0.4, -0.2) is 40.0 Å². The van der Waals surface area contributed by atoms with E-state index in [9.17, 15) is 19.8 Å². The van der Waals surface area contributed by atoms with Crippen molar-refractivity contribution in [3.63, 3.8) is 0 Å². The van der Waals surface area contributed by atoms with Crippen molar-refractivity contribution in [3.8, 4) is 0 Å². The summed E-state index contributed by atoms with van der Waals surface area (Å²) in [5.74, 6) is -4.77. The molecule has 0 aliphatic carbocycles. The third kappa shape index (κ3) is 2.64. The Kier molecular flexibility index (Phi) is 4.45. The minimum atomic E-state index is -2.27. The number of carbonyl (C=O) groups excluding carboxylic acids is 2. The predicted octanol–water partition coefficient (Wildman–Crippen LogP) is 1.94. The summed E-state index contributed by atoms with van der Waals surface area (Å²) in [5, 5.41) is 22.0. The molecule has 3 rings (SSSR count). The Bertz CT molecular complexity index is 773. The van der Waals surface area contributed by atoms with Gasteiger partial charge in [0.25, 0.3) is 5.79 Å². The van der Waals surface area contributed by atoms with Gasteiger partial charge < -0.3 is 19.7 Å². The molecule has 0 saturated heterocycles. The highest BCUT2D eigenvalue weighted by Crippen LogP contribution is 2.45. The molecule has 0 amide bonds. The minimum absolute atomic E-state index is 0.0471. The lowest BCUT2D eigenvalue weighted by molar-refractivity contribution is -0.210. The van der Waals surface area contributed by atoms with Crippen LogP contribution in [0.2, 0.25) is 0 Å². The summed E-state index contributed by atoms with van der Waals surface area (Å²) in [6.45, 7) is 12.7. The molecular weight excluding hydrogens is 336 g/mol. The molecule has 0 aromatic rings. The van der Waals surface area contributed by atoms with Crippen LogP contribution in [0.3, 0.4) is 0 Å². The largest absolute Gasteiger partial charge is 0.455 e. The first-order valence-corrected chi connectivity index (χ1v) is 8.65. The minimum Gasteiger partial charge on any atom is -0.455 e. The lowest BCUT2D eigenvalue weighted by atomic mass is 9.82. The number of fused-ring (bicyclic) bond motifs is 3. The molecule has 3 aliphatic heterocycles. The molecule has 5 atom stereocenters. The molecule has 140 valence electrons. The van der Waals surface area contributed by atoms with Crippen molar-refractivity contribution < 1.29 is 29.3 Å². The molecular formula is C20H24O6. The molecule has 6 heteroatoms. The zero-order chi connectivity index (χ0) is 19.4. The zero-order valence-electron chi connectivity index (χ0n) is 15.2. The summed E-state index contributed by atoms with van der Waals surface area (Å²) in [6, 6.07) is 0. The van der Waals surface area contributed by atoms with Gasteiger partial charge in [0.15, 0.2) is 0 Å². The summed E-state index contributed by atoms with van der Waals surface area (Å²) < 4.78 is 11.1. The fraction of sp³-hybridized carbons (Fsp3) is 0.500. The Balaban J connectivity index is 2.15. The number of hydrogen-bond donors (Lipinski definition) is 2. The van der Waals surface area contributed by atoms with Crippen LogP contribution in [0.1, 0.15) is 33.6 Å². The summed E-state index contributed by atoms with van der Waals surface area (Å²) in [5.41, 5.74) is 1.75. The highest BCUT2D eigenvalue weighted by molar-refractivity contribution is 6.03. The molecule has 3 heterocycles. The average Bonchev–Trinajstić information content (AvgIpc) is 2.99. The molecule has 0 aromatic heterocycles. The van der Waals surface area contributed by atoms with Gasteiger partial charge in [-0.2, -0.15) is 0 Å². The standard InChI is InChI=1S/C20H24O6/c1-9(2)13-7-6-12-8-14(25-19(12)23)15(10(3)4)20(24)18(22)11(5)17(26-20)16(13)21/h8,13-16,21,24H,1,3,6-7H2,2,4-5H3/t13-,14+,15+,16-,20-/m0/s1. The number of ketones is 1. The van der Waals surface area contributed by atoms with Crippen LogP contribution in [0.4, 0.5) is 0 Å². The number of aliphatic hydroxyl groups is 2. The second kappa shape index (κ2) is 6.21. The second-order valence-corrected chi connectivity index (χ2v) is 7.44. The summed E-state index contributed by atoms with van der Waals surface area (Å²) in [7, 11) is 0. The highest BCUT2D eigenvalue weighted by Gasteiger charge is 2.58. The Morgan fingerprint density at radius 2 is 1.92 bits per heavy atom. The number of carbonyl (C=O) groups is 2. The van der Waals surface area contributed by atoms with Crippen LogP contribution in [0.5, 0.6) is 0 Å². The topological polar surface area (TPSA) is 93.1 Å². The van der Waals surface area contributed by atoms with E-state index in [1.807, 2.05) is 0 Å². The monoisotopic (exact) mass is 360 g/mol. The van der Waals surface area contributed by atoms with Gasteiger partial charge in [-0.1, -0.05) is 24.3 Å². The van der Waals surface area contributed by atoms with Crippen molar-refractivity contribution >= 4 is 11.8 Å². The van der Waals surface area contributed by atoms with Crippen molar-refractivity contribution in [1.29, 1.82) is 0 Å². The van der Waals surface area contributed by atoms with Gasteiger partial charge in [-0.05, 0) is 39.7 Å². The Morgan fingerprint density at radius 1 is 1.27 bits per heavy atom. The molecule has 0 saturated carbocycles. The van der Waals surface area contributed by atoms with Crippen LogP contribution in [0.25, 0.3) is 0 Å². The van der Waals surface area contributed by atoms with E-state index >= 15 is 0 Å². The Labute approximate surface area is 152 Å². The molecule has 6 nitrogen and oxygen atoms in total. The van der Waals surface area contributed by atoms with Gasteiger partial charge in [0.2, 0.25) is 5.78 Å². The Hall–Kier alpha value is -2.18. The first-order chi connectivity index (χ1) is 12.1. The molecule has 0 aromatic carbocycles.